The van der Waals surface area contributed by atoms with Gasteiger partial charge in [-0.15, -0.1) is 0 Å². The van der Waals surface area contributed by atoms with E-state index >= 15 is 0 Å². The minimum Gasteiger partial charge on any atom is -0.493 e. The fraction of sp³-hybridized carbons (Fsp3) is 0.179. The molecule has 1 amide bonds. The summed E-state index contributed by atoms with van der Waals surface area (Å²) >= 11 is 0. The van der Waals surface area contributed by atoms with Crippen molar-refractivity contribution >= 4 is 21.7 Å². The molecule has 3 N–H and O–H groups in total. The van der Waals surface area contributed by atoms with Gasteiger partial charge in [-0.3, -0.25) is 4.79 Å². The number of methoxy groups -OCH3 is 2. The van der Waals surface area contributed by atoms with Gasteiger partial charge in [-0.1, -0.05) is 29.8 Å². The molecule has 4 rings (SSSR count). The summed E-state index contributed by atoms with van der Waals surface area (Å²) in [5.74, 6) is 0.379. The minimum absolute atomic E-state index is 0.00192. The highest BCUT2D eigenvalue weighted by molar-refractivity contribution is 7.90. The molecule has 0 aliphatic carbocycles. The van der Waals surface area contributed by atoms with Crippen LogP contribution in [0.3, 0.4) is 0 Å². The molecule has 0 saturated carbocycles. The van der Waals surface area contributed by atoms with Crippen molar-refractivity contribution in [2.75, 3.05) is 20.0 Å². The zero-order chi connectivity index (χ0) is 28.3. The van der Waals surface area contributed by atoms with Crippen LogP contribution in [0.15, 0.2) is 65.7 Å². The lowest BCUT2D eigenvalue weighted by Gasteiger charge is -2.17. The van der Waals surface area contributed by atoms with Crippen LogP contribution in [0, 0.1) is 20.8 Å². The van der Waals surface area contributed by atoms with Gasteiger partial charge in [-0.2, -0.15) is 8.42 Å². The van der Waals surface area contributed by atoms with Crippen LogP contribution in [-0.4, -0.2) is 38.5 Å². The summed E-state index contributed by atoms with van der Waals surface area (Å²) in [6.45, 7) is 5.71. The number of hydrogen-bond donors (Lipinski definition) is 2. The highest BCUT2D eigenvalue weighted by Gasteiger charge is 2.25. The topological polar surface area (TPSA) is 143 Å². The molecule has 2 heterocycles. The van der Waals surface area contributed by atoms with Gasteiger partial charge in [0.2, 0.25) is 5.88 Å². The Balaban J connectivity index is 1.83. The number of benzene rings is 2. The molecule has 0 unspecified atom stereocenters. The van der Waals surface area contributed by atoms with Crippen molar-refractivity contribution in [1.82, 2.24) is 14.7 Å². The number of aryl methyl sites for hydroxylation is 3. The molecule has 2 aromatic carbocycles. The molecule has 0 atom stereocenters. The summed E-state index contributed by atoms with van der Waals surface area (Å²) < 4.78 is 45.0. The van der Waals surface area contributed by atoms with Crippen LogP contribution < -0.4 is 24.7 Å². The number of sulfonamides is 1. The molecule has 202 valence electrons. The molecule has 10 nitrogen and oxygen atoms in total. The van der Waals surface area contributed by atoms with E-state index in [0.29, 0.717) is 28.5 Å². The zero-order valence-corrected chi connectivity index (χ0v) is 22.9. The van der Waals surface area contributed by atoms with E-state index in [0.717, 1.165) is 16.7 Å². The summed E-state index contributed by atoms with van der Waals surface area (Å²) in [6.07, 6.45) is 0. The number of nitrogens with zero attached hydrogens (tertiary/aromatic N) is 2. The summed E-state index contributed by atoms with van der Waals surface area (Å²) in [5, 5.41) is -0.394. The summed E-state index contributed by atoms with van der Waals surface area (Å²) in [4.78, 5) is 21.7. The number of nitrogens with one attached hydrogen (secondary N) is 1. The monoisotopic (exact) mass is 548 g/mol. The summed E-state index contributed by atoms with van der Waals surface area (Å²) in [5.41, 5.74) is 9.21. The maximum absolute atomic E-state index is 13.3. The second kappa shape index (κ2) is 11.0. The molecule has 0 radical (unpaired) electrons. The first kappa shape index (κ1) is 27.4. The number of aromatic nitrogens is 2. The zero-order valence-electron chi connectivity index (χ0n) is 22.1. The van der Waals surface area contributed by atoms with Crippen molar-refractivity contribution in [3.63, 3.8) is 0 Å². The van der Waals surface area contributed by atoms with E-state index in [4.69, 9.17) is 19.9 Å². The predicted octanol–water partition coefficient (Wildman–Crippen LogP) is 4.58. The van der Waals surface area contributed by atoms with E-state index in [9.17, 15) is 13.2 Å². The quantitative estimate of drug-likeness (QED) is 0.323. The molecule has 0 fully saturated rings. The Hall–Kier alpha value is -4.64. The molecule has 0 aliphatic rings. The van der Waals surface area contributed by atoms with Gasteiger partial charge in [0.15, 0.2) is 16.5 Å². The van der Waals surface area contributed by atoms with Crippen LogP contribution in [-0.2, 0) is 10.0 Å². The molecule has 11 heteroatoms. The molecule has 0 saturated heterocycles. The van der Waals surface area contributed by atoms with Gasteiger partial charge in [-0.25, -0.2) is 14.7 Å². The number of nitrogens with two attached hydrogens (primary N) is 1. The molecule has 2 aromatic heterocycles. The number of carbonyl (C=O) groups is 1. The molecule has 0 aliphatic heterocycles. The van der Waals surface area contributed by atoms with Crippen molar-refractivity contribution in [2.45, 2.75) is 25.8 Å². The normalized spacial score (nSPS) is 11.1. The highest BCUT2D eigenvalue weighted by atomic mass is 32.2. The van der Waals surface area contributed by atoms with Crippen molar-refractivity contribution in [2.24, 2.45) is 0 Å². The number of carbonyl (C=O) groups excluding carboxylic acids is 1. The van der Waals surface area contributed by atoms with Gasteiger partial charge in [0.25, 0.3) is 15.9 Å². The molecule has 4 aromatic rings. The number of ether oxygens (including phenoxy) is 3. The maximum atomic E-state index is 13.3. The smallest absolute Gasteiger partial charge is 0.281 e. The van der Waals surface area contributed by atoms with Crippen LogP contribution in [0.25, 0.3) is 11.3 Å². The van der Waals surface area contributed by atoms with Crippen LogP contribution in [0.4, 0.5) is 5.82 Å². The predicted molar refractivity (Wildman–Crippen MR) is 147 cm³/mol. The van der Waals surface area contributed by atoms with E-state index in [-0.39, 0.29) is 17.3 Å². The van der Waals surface area contributed by atoms with E-state index in [2.05, 4.69) is 9.97 Å². The lowest BCUT2D eigenvalue weighted by atomic mass is 10.1. The van der Waals surface area contributed by atoms with Gasteiger partial charge in [0.05, 0.1) is 19.9 Å². The lowest BCUT2D eigenvalue weighted by Crippen LogP contribution is -2.31. The lowest BCUT2D eigenvalue weighted by molar-refractivity contribution is 0.0978. The van der Waals surface area contributed by atoms with E-state index in [1.807, 2.05) is 37.6 Å². The van der Waals surface area contributed by atoms with Crippen LogP contribution >= 0.6 is 0 Å². The number of rotatable bonds is 8. The van der Waals surface area contributed by atoms with Crippen molar-refractivity contribution in [3.05, 3.63) is 82.9 Å². The largest absolute Gasteiger partial charge is 0.493 e. The third-order valence-electron chi connectivity index (χ3n) is 5.83. The number of nitrogen functional groups attached to an aromatic ring is 1. The minimum atomic E-state index is -4.33. The average molecular weight is 549 g/mol. The van der Waals surface area contributed by atoms with Crippen molar-refractivity contribution in [3.8, 4) is 34.4 Å². The number of pyridine rings is 2. The number of amides is 1. The standard InChI is InChI=1S/C28H28N4O6S/c1-16-14-17(2)25(18(3)15-16)38-28-20(27(33)32-39(34,35)24-11-7-10-23(29)31-24)12-13-21(30-28)19-8-6-9-22(36-4)26(19)37-5/h6-15H,1-5H3,(H2,29,31)(H,32,33). The molecular weight excluding hydrogens is 520 g/mol. The average Bonchev–Trinajstić information content (AvgIpc) is 2.89. The Labute approximate surface area is 226 Å². The Morgan fingerprint density at radius 2 is 1.56 bits per heavy atom. The molecule has 39 heavy (non-hydrogen) atoms. The fourth-order valence-corrected chi connectivity index (χ4v) is 5.11. The van der Waals surface area contributed by atoms with E-state index in [1.165, 1.54) is 38.5 Å². The maximum Gasteiger partial charge on any atom is 0.281 e. The van der Waals surface area contributed by atoms with Crippen LogP contribution in [0.1, 0.15) is 27.0 Å². The number of anilines is 1. The van der Waals surface area contributed by atoms with Crippen LogP contribution in [0.5, 0.6) is 23.1 Å². The van der Waals surface area contributed by atoms with Gasteiger partial charge in [-0.05, 0) is 68.3 Å². The first-order valence-corrected chi connectivity index (χ1v) is 13.3. The van der Waals surface area contributed by atoms with Crippen molar-refractivity contribution in [1.29, 1.82) is 0 Å². The molecule has 0 bridgehead atoms. The molecule has 0 spiro atoms. The Kier molecular flexibility index (Phi) is 7.73. The highest BCUT2D eigenvalue weighted by Crippen LogP contribution is 2.39. The Morgan fingerprint density at radius 3 is 2.21 bits per heavy atom. The summed E-state index contributed by atoms with van der Waals surface area (Å²) in [6, 6.07) is 16.3. The second-order valence-corrected chi connectivity index (χ2v) is 10.4. The third-order valence-corrected chi connectivity index (χ3v) is 7.07. The number of para-hydroxylation sites is 1. The summed E-state index contributed by atoms with van der Waals surface area (Å²) in [7, 11) is -1.30. The third kappa shape index (κ3) is 5.78. The molecular formula is C28H28N4O6S. The van der Waals surface area contributed by atoms with Crippen molar-refractivity contribution < 1.29 is 27.4 Å². The fourth-order valence-electron chi connectivity index (χ4n) is 4.16. The van der Waals surface area contributed by atoms with E-state index < -0.39 is 21.0 Å². The van der Waals surface area contributed by atoms with Gasteiger partial charge < -0.3 is 19.9 Å². The van der Waals surface area contributed by atoms with E-state index in [1.54, 1.807) is 24.3 Å². The number of hydrogen-bond acceptors (Lipinski definition) is 9. The first-order chi connectivity index (χ1) is 18.5. The van der Waals surface area contributed by atoms with Gasteiger partial charge >= 0.3 is 0 Å². The Bertz CT molecular complexity index is 1650. The first-order valence-electron chi connectivity index (χ1n) is 11.8. The van der Waals surface area contributed by atoms with Gasteiger partial charge in [0.1, 0.15) is 17.1 Å². The second-order valence-electron chi connectivity index (χ2n) is 8.76. The van der Waals surface area contributed by atoms with Crippen LogP contribution in [0.2, 0.25) is 0 Å². The SMILES string of the molecule is COc1cccc(-c2ccc(C(=O)NS(=O)(=O)c3cccc(N)n3)c(Oc3c(C)cc(C)cc3C)n2)c1OC. The van der Waals surface area contributed by atoms with Gasteiger partial charge in [0, 0.05) is 5.56 Å². The Morgan fingerprint density at radius 1 is 0.872 bits per heavy atom.